The number of carbonyl (C=O) groups excluding carboxylic acids is 2. The molecule has 0 saturated carbocycles. The first-order valence-corrected chi connectivity index (χ1v) is 11.5. The smallest absolute Gasteiger partial charge is 0.300 e. The van der Waals surface area contributed by atoms with Crippen LogP contribution < -0.4 is 19.1 Å². The van der Waals surface area contributed by atoms with Gasteiger partial charge in [0, 0.05) is 16.1 Å². The zero-order valence-electron chi connectivity index (χ0n) is 18.9. The van der Waals surface area contributed by atoms with Crippen LogP contribution in [0, 0.1) is 6.92 Å². The number of carbonyl (C=O) groups is 2. The van der Waals surface area contributed by atoms with Gasteiger partial charge in [0.25, 0.3) is 11.7 Å². The number of aliphatic hydroxyl groups is 1. The molecule has 1 amide bonds. The van der Waals surface area contributed by atoms with E-state index in [0.29, 0.717) is 33.5 Å². The van der Waals surface area contributed by atoms with Crippen molar-refractivity contribution in [2.45, 2.75) is 13.0 Å². The van der Waals surface area contributed by atoms with Crippen LogP contribution in [0.2, 0.25) is 5.02 Å². The van der Waals surface area contributed by atoms with Gasteiger partial charge in [-0.1, -0.05) is 11.6 Å². The van der Waals surface area contributed by atoms with Gasteiger partial charge in [-0.15, -0.1) is 11.3 Å². The number of aryl methyl sites for hydroxylation is 1. The van der Waals surface area contributed by atoms with Crippen molar-refractivity contribution in [1.82, 2.24) is 0 Å². The molecular weight excluding hydrogens is 478 g/mol. The van der Waals surface area contributed by atoms with Gasteiger partial charge in [-0.2, -0.15) is 0 Å². The molecule has 1 aliphatic heterocycles. The Morgan fingerprint density at radius 2 is 1.65 bits per heavy atom. The normalized spacial score (nSPS) is 17.2. The zero-order chi connectivity index (χ0) is 24.6. The number of benzene rings is 2. The van der Waals surface area contributed by atoms with Crippen LogP contribution in [-0.2, 0) is 9.59 Å². The highest BCUT2D eigenvalue weighted by atomic mass is 35.5. The van der Waals surface area contributed by atoms with E-state index in [1.807, 2.05) is 18.4 Å². The van der Waals surface area contributed by atoms with Crippen LogP contribution in [-0.4, -0.2) is 38.1 Å². The van der Waals surface area contributed by atoms with Crippen molar-refractivity contribution in [3.63, 3.8) is 0 Å². The summed E-state index contributed by atoms with van der Waals surface area (Å²) in [5.74, 6) is -0.571. The minimum absolute atomic E-state index is 0.0188. The lowest BCUT2D eigenvalue weighted by atomic mass is 9.98. The lowest BCUT2D eigenvalue weighted by molar-refractivity contribution is -0.132. The number of Topliss-reactive ketones (excluding diaryl/α,β-unsaturated/α-hetero) is 1. The fourth-order valence-corrected chi connectivity index (χ4v) is 5.23. The highest BCUT2D eigenvalue weighted by molar-refractivity contribution is 7.10. The van der Waals surface area contributed by atoms with Crippen molar-refractivity contribution in [2.75, 3.05) is 26.2 Å². The second-order valence-electron chi connectivity index (χ2n) is 7.53. The van der Waals surface area contributed by atoms with Crippen LogP contribution >= 0.6 is 22.9 Å². The number of nitrogens with zero attached hydrogens (tertiary/aromatic N) is 1. The van der Waals surface area contributed by atoms with E-state index in [1.165, 1.54) is 37.6 Å². The van der Waals surface area contributed by atoms with Crippen molar-refractivity contribution in [3.8, 4) is 17.2 Å². The molecule has 1 atom stereocenters. The SMILES string of the molecule is COc1ccc(N2C(=O)C(=O)/C(=C(\O)c3ccc(OC)c(OC)c3)C2c2sccc2C)cc1Cl. The van der Waals surface area contributed by atoms with Gasteiger partial charge in [-0.05, 0) is 60.3 Å². The maximum Gasteiger partial charge on any atom is 0.300 e. The molecule has 1 N–H and O–H groups in total. The summed E-state index contributed by atoms with van der Waals surface area (Å²) >= 11 is 7.72. The molecule has 0 aliphatic carbocycles. The van der Waals surface area contributed by atoms with Gasteiger partial charge in [-0.3, -0.25) is 14.5 Å². The van der Waals surface area contributed by atoms with E-state index in [-0.39, 0.29) is 11.3 Å². The molecule has 0 radical (unpaired) electrons. The van der Waals surface area contributed by atoms with Gasteiger partial charge in [0.15, 0.2) is 11.5 Å². The molecular formula is C25H22ClNO6S. The number of methoxy groups -OCH3 is 3. The van der Waals surface area contributed by atoms with Crippen molar-refractivity contribution in [2.24, 2.45) is 0 Å². The van der Waals surface area contributed by atoms with Crippen LogP contribution in [0.5, 0.6) is 17.2 Å². The Balaban J connectivity index is 1.93. The van der Waals surface area contributed by atoms with Gasteiger partial charge < -0.3 is 19.3 Å². The van der Waals surface area contributed by atoms with Crippen LogP contribution in [0.15, 0.2) is 53.4 Å². The van der Waals surface area contributed by atoms with E-state index in [2.05, 4.69) is 0 Å². The number of amides is 1. The minimum Gasteiger partial charge on any atom is -0.507 e. The van der Waals surface area contributed by atoms with Crippen molar-refractivity contribution < 1.29 is 28.9 Å². The summed E-state index contributed by atoms with van der Waals surface area (Å²) in [4.78, 5) is 28.7. The van der Waals surface area contributed by atoms with E-state index >= 15 is 0 Å². The number of rotatable bonds is 6. The third kappa shape index (κ3) is 3.89. The maximum atomic E-state index is 13.3. The predicted molar refractivity (Wildman–Crippen MR) is 131 cm³/mol. The Hall–Kier alpha value is -3.49. The molecule has 1 fully saturated rings. The maximum absolute atomic E-state index is 13.3. The summed E-state index contributed by atoms with van der Waals surface area (Å²) in [5, 5.41) is 13.5. The van der Waals surface area contributed by atoms with E-state index in [0.717, 1.165) is 10.4 Å². The Morgan fingerprint density at radius 1 is 0.971 bits per heavy atom. The summed E-state index contributed by atoms with van der Waals surface area (Å²) < 4.78 is 15.8. The number of hydrogen-bond donors (Lipinski definition) is 1. The Labute approximate surface area is 205 Å². The molecule has 1 aromatic heterocycles. The summed E-state index contributed by atoms with van der Waals surface area (Å²) in [6, 6.07) is 10.7. The topological polar surface area (TPSA) is 85.3 Å². The number of aliphatic hydroxyl groups excluding tert-OH is 1. The number of hydrogen-bond acceptors (Lipinski definition) is 7. The van der Waals surface area contributed by atoms with E-state index in [1.54, 1.807) is 36.4 Å². The first-order chi connectivity index (χ1) is 16.3. The van der Waals surface area contributed by atoms with Crippen molar-refractivity contribution >= 4 is 46.1 Å². The number of ether oxygens (including phenoxy) is 3. The van der Waals surface area contributed by atoms with Crippen LogP contribution in [0.4, 0.5) is 5.69 Å². The number of halogens is 1. The quantitative estimate of drug-likeness (QED) is 0.279. The van der Waals surface area contributed by atoms with Gasteiger partial charge in [0.1, 0.15) is 17.6 Å². The molecule has 34 heavy (non-hydrogen) atoms. The first kappa shape index (κ1) is 23.7. The van der Waals surface area contributed by atoms with Crippen LogP contribution in [0.3, 0.4) is 0 Å². The van der Waals surface area contributed by atoms with Gasteiger partial charge in [-0.25, -0.2) is 0 Å². The summed E-state index contributed by atoms with van der Waals surface area (Å²) in [5.41, 5.74) is 1.61. The van der Waals surface area contributed by atoms with Gasteiger partial charge >= 0.3 is 0 Å². The largest absolute Gasteiger partial charge is 0.507 e. The number of thiophene rings is 1. The van der Waals surface area contributed by atoms with E-state index in [4.69, 9.17) is 25.8 Å². The van der Waals surface area contributed by atoms with E-state index < -0.39 is 17.7 Å². The molecule has 0 bridgehead atoms. The number of anilines is 1. The van der Waals surface area contributed by atoms with Crippen LogP contribution in [0.25, 0.3) is 5.76 Å². The highest BCUT2D eigenvalue weighted by Crippen LogP contribution is 2.46. The van der Waals surface area contributed by atoms with Crippen molar-refractivity contribution in [1.29, 1.82) is 0 Å². The number of ketones is 1. The van der Waals surface area contributed by atoms with Crippen molar-refractivity contribution in [3.05, 3.63) is 74.4 Å². The molecule has 2 heterocycles. The van der Waals surface area contributed by atoms with Gasteiger partial charge in [0.05, 0.1) is 31.9 Å². The summed E-state index contributed by atoms with van der Waals surface area (Å²) in [6.07, 6.45) is 0. The molecule has 4 rings (SSSR count). The molecule has 7 nitrogen and oxygen atoms in total. The molecule has 2 aromatic carbocycles. The third-order valence-electron chi connectivity index (χ3n) is 5.67. The minimum atomic E-state index is -0.836. The Morgan fingerprint density at radius 3 is 2.24 bits per heavy atom. The zero-order valence-corrected chi connectivity index (χ0v) is 20.5. The fraction of sp³-hybridized carbons (Fsp3) is 0.200. The van der Waals surface area contributed by atoms with E-state index in [9.17, 15) is 14.7 Å². The lowest BCUT2D eigenvalue weighted by Crippen LogP contribution is -2.29. The standard InChI is InChI=1S/C25H22ClNO6S/c1-13-9-10-34-24(13)21-20(22(28)14-5-7-18(32-3)19(11-14)33-4)23(29)25(30)27(21)15-6-8-17(31-2)16(26)12-15/h5-12,21,28H,1-4H3/b22-20-. The monoisotopic (exact) mass is 499 g/mol. The second kappa shape index (κ2) is 9.40. The Kier molecular flexibility index (Phi) is 6.54. The molecule has 0 spiro atoms. The molecule has 1 aliphatic rings. The molecule has 9 heteroatoms. The Bertz CT molecular complexity index is 1310. The summed E-state index contributed by atoms with van der Waals surface area (Å²) in [6.45, 7) is 1.89. The third-order valence-corrected chi connectivity index (χ3v) is 7.03. The lowest BCUT2D eigenvalue weighted by Gasteiger charge is -2.25. The summed E-state index contributed by atoms with van der Waals surface area (Å²) in [7, 11) is 4.47. The van der Waals surface area contributed by atoms with Gasteiger partial charge in [0.2, 0.25) is 0 Å². The second-order valence-corrected chi connectivity index (χ2v) is 8.88. The molecule has 3 aromatic rings. The first-order valence-electron chi connectivity index (χ1n) is 10.2. The predicted octanol–water partition coefficient (Wildman–Crippen LogP) is 5.36. The molecule has 1 saturated heterocycles. The molecule has 176 valence electrons. The average Bonchev–Trinajstić information content (AvgIpc) is 3.38. The fourth-order valence-electron chi connectivity index (χ4n) is 3.96. The molecule has 1 unspecified atom stereocenters. The average molecular weight is 500 g/mol. The van der Waals surface area contributed by atoms with Crippen LogP contribution in [0.1, 0.15) is 22.0 Å². The highest BCUT2D eigenvalue weighted by Gasteiger charge is 2.48.